The Morgan fingerprint density at radius 3 is 1.86 bits per heavy atom. The molecule has 1 aliphatic carbocycles. The maximum Gasteiger partial charge on any atom is 0.335 e. The predicted octanol–water partition coefficient (Wildman–Crippen LogP) is -1.52. The molecule has 0 spiro atoms. The van der Waals surface area contributed by atoms with Crippen LogP contribution in [0.4, 0.5) is 0 Å². The summed E-state index contributed by atoms with van der Waals surface area (Å²) in [5, 5.41) is 44.4. The van der Waals surface area contributed by atoms with Crippen LogP contribution in [0.25, 0.3) is 0 Å². The van der Waals surface area contributed by atoms with E-state index in [1.54, 1.807) is 0 Å². The topological polar surface area (TPSA) is 164 Å². The number of carbonyl (C=O) groups is 3. The SMILES string of the molecule is O=C(O)C(O)C(O)C(=O)O.O=C(O)[C@@H]1C[C@@H]2CCC[C@@H]2N1. The molecule has 9 heteroatoms. The van der Waals surface area contributed by atoms with Crippen molar-refractivity contribution in [3.63, 3.8) is 0 Å². The monoisotopic (exact) mass is 305 g/mol. The first kappa shape index (κ1) is 17.3. The summed E-state index contributed by atoms with van der Waals surface area (Å²) in [6, 6.07) is 0.251. The van der Waals surface area contributed by atoms with Gasteiger partial charge in [-0.1, -0.05) is 6.42 Å². The fraction of sp³-hybridized carbons (Fsp3) is 0.750. The van der Waals surface area contributed by atoms with E-state index in [0.29, 0.717) is 12.0 Å². The van der Waals surface area contributed by atoms with Gasteiger partial charge in [0.05, 0.1) is 0 Å². The standard InChI is InChI=1S/C8H13NO2.C4H6O6/c10-8(11)7-4-5-2-1-3-6(5)9-7;5-1(3(7)8)2(6)4(9)10/h5-7,9H,1-4H2,(H,10,11);1-2,5-6H,(H,7,8)(H,9,10)/t5-,6-,7-;/m0./s1. The van der Waals surface area contributed by atoms with Crippen molar-refractivity contribution < 1.29 is 39.9 Å². The summed E-state index contributed by atoms with van der Waals surface area (Å²) < 4.78 is 0. The highest BCUT2D eigenvalue weighted by Gasteiger charge is 2.39. The van der Waals surface area contributed by atoms with Crippen LogP contribution in [0.2, 0.25) is 0 Å². The van der Waals surface area contributed by atoms with Gasteiger partial charge in [-0.2, -0.15) is 0 Å². The lowest BCUT2D eigenvalue weighted by molar-refractivity contribution is -0.165. The summed E-state index contributed by atoms with van der Waals surface area (Å²) in [6.45, 7) is 0. The van der Waals surface area contributed by atoms with Gasteiger partial charge in [0.2, 0.25) is 0 Å². The Bertz CT molecular complexity index is 382. The van der Waals surface area contributed by atoms with Crippen LogP contribution in [0, 0.1) is 5.92 Å². The lowest BCUT2D eigenvalue weighted by Crippen LogP contribution is -2.39. The first-order chi connectivity index (χ1) is 9.73. The highest BCUT2D eigenvalue weighted by Crippen LogP contribution is 2.34. The predicted molar refractivity (Wildman–Crippen MR) is 67.6 cm³/mol. The molecule has 1 aliphatic heterocycles. The Hall–Kier alpha value is -1.71. The summed E-state index contributed by atoms with van der Waals surface area (Å²) in [7, 11) is 0. The zero-order valence-corrected chi connectivity index (χ0v) is 11.2. The summed E-state index contributed by atoms with van der Waals surface area (Å²) in [6.07, 6.45) is -0.0140. The normalized spacial score (nSPS) is 29.7. The van der Waals surface area contributed by atoms with E-state index in [1.807, 2.05) is 0 Å². The number of carboxylic acid groups (broad SMARTS) is 3. The van der Waals surface area contributed by atoms with E-state index in [2.05, 4.69) is 5.32 Å². The molecular weight excluding hydrogens is 286 g/mol. The van der Waals surface area contributed by atoms with Crippen LogP contribution in [0.1, 0.15) is 25.7 Å². The van der Waals surface area contributed by atoms with Gasteiger partial charge < -0.3 is 30.8 Å². The smallest absolute Gasteiger partial charge is 0.335 e. The van der Waals surface area contributed by atoms with E-state index in [1.165, 1.54) is 19.3 Å². The maximum atomic E-state index is 10.6. The number of fused-ring (bicyclic) bond motifs is 1. The van der Waals surface area contributed by atoms with Crippen LogP contribution in [-0.4, -0.2) is 67.7 Å². The highest BCUT2D eigenvalue weighted by atomic mass is 16.4. The zero-order chi connectivity index (χ0) is 16.2. The average Bonchev–Trinajstić information content (AvgIpc) is 2.97. The van der Waals surface area contributed by atoms with Gasteiger partial charge in [-0.15, -0.1) is 0 Å². The van der Waals surface area contributed by atoms with Crippen LogP contribution < -0.4 is 5.32 Å². The van der Waals surface area contributed by atoms with E-state index >= 15 is 0 Å². The van der Waals surface area contributed by atoms with Crippen molar-refractivity contribution in [2.24, 2.45) is 5.92 Å². The second kappa shape index (κ2) is 7.34. The second-order valence-corrected chi connectivity index (χ2v) is 5.16. The molecule has 0 amide bonds. The van der Waals surface area contributed by atoms with Gasteiger partial charge in [-0.05, 0) is 25.2 Å². The van der Waals surface area contributed by atoms with E-state index in [9.17, 15) is 14.4 Å². The van der Waals surface area contributed by atoms with Crippen LogP contribution in [-0.2, 0) is 14.4 Å². The number of aliphatic hydroxyl groups excluding tert-OH is 2. The lowest BCUT2D eigenvalue weighted by Gasteiger charge is -2.07. The number of rotatable bonds is 4. The summed E-state index contributed by atoms with van der Waals surface area (Å²) in [5.41, 5.74) is 0. The van der Waals surface area contributed by atoms with Crippen LogP contribution >= 0.6 is 0 Å². The highest BCUT2D eigenvalue weighted by molar-refractivity contribution is 5.83. The van der Waals surface area contributed by atoms with E-state index in [4.69, 9.17) is 25.5 Å². The Morgan fingerprint density at radius 2 is 1.48 bits per heavy atom. The molecule has 6 N–H and O–H groups in total. The van der Waals surface area contributed by atoms with Gasteiger partial charge in [0, 0.05) is 6.04 Å². The largest absolute Gasteiger partial charge is 0.480 e. The van der Waals surface area contributed by atoms with Crippen LogP contribution in [0.3, 0.4) is 0 Å². The van der Waals surface area contributed by atoms with Gasteiger partial charge in [-0.3, -0.25) is 4.79 Å². The van der Waals surface area contributed by atoms with Crippen molar-refractivity contribution in [3.8, 4) is 0 Å². The Kier molecular flexibility index (Phi) is 6.06. The van der Waals surface area contributed by atoms with Crippen molar-refractivity contribution in [3.05, 3.63) is 0 Å². The minimum Gasteiger partial charge on any atom is -0.480 e. The minimum absolute atomic E-state index is 0.259. The fourth-order valence-electron chi connectivity index (χ4n) is 2.61. The average molecular weight is 305 g/mol. The summed E-state index contributed by atoms with van der Waals surface area (Å²) >= 11 is 0. The van der Waals surface area contributed by atoms with E-state index < -0.39 is 30.1 Å². The molecule has 2 unspecified atom stereocenters. The third kappa shape index (κ3) is 4.66. The summed E-state index contributed by atoms with van der Waals surface area (Å²) in [4.78, 5) is 30.1. The molecule has 9 nitrogen and oxygen atoms in total. The van der Waals surface area contributed by atoms with Crippen molar-refractivity contribution in [1.29, 1.82) is 0 Å². The molecule has 2 rings (SSSR count). The molecule has 2 fully saturated rings. The zero-order valence-electron chi connectivity index (χ0n) is 11.2. The third-order valence-corrected chi connectivity index (χ3v) is 3.72. The number of hydrogen-bond donors (Lipinski definition) is 6. The second-order valence-electron chi connectivity index (χ2n) is 5.16. The van der Waals surface area contributed by atoms with Crippen molar-refractivity contribution in [2.75, 3.05) is 0 Å². The third-order valence-electron chi connectivity index (χ3n) is 3.72. The molecule has 0 radical (unpaired) electrons. The molecule has 1 saturated carbocycles. The minimum atomic E-state index is -2.27. The molecule has 1 saturated heterocycles. The van der Waals surface area contributed by atoms with Gasteiger partial charge >= 0.3 is 17.9 Å². The van der Waals surface area contributed by atoms with Crippen molar-refractivity contribution in [2.45, 2.75) is 50.0 Å². The van der Waals surface area contributed by atoms with Crippen molar-refractivity contribution >= 4 is 17.9 Å². The molecule has 0 aromatic rings. The Morgan fingerprint density at radius 1 is 0.952 bits per heavy atom. The number of aliphatic hydroxyl groups is 2. The molecule has 0 bridgehead atoms. The van der Waals surface area contributed by atoms with Crippen LogP contribution in [0.15, 0.2) is 0 Å². The fourth-order valence-corrected chi connectivity index (χ4v) is 2.61. The first-order valence-electron chi connectivity index (χ1n) is 6.54. The maximum absolute atomic E-state index is 10.6. The molecule has 120 valence electrons. The number of carboxylic acids is 3. The quantitative estimate of drug-likeness (QED) is 0.361. The molecule has 21 heavy (non-hydrogen) atoms. The van der Waals surface area contributed by atoms with Gasteiger partial charge in [0.1, 0.15) is 6.04 Å². The van der Waals surface area contributed by atoms with Crippen molar-refractivity contribution in [1.82, 2.24) is 5.32 Å². The molecule has 1 heterocycles. The molecular formula is C12H19NO8. The molecule has 2 aliphatic rings. The molecule has 0 aromatic heterocycles. The molecule has 0 aromatic carbocycles. The number of nitrogens with one attached hydrogen (secondary N) is 1. The van der Waals surface area contributed by atoms with Gasteiger partial charge in [0.15, 0.2) is 12.2 Å². The summed E-state index contributed by atoms with van der Waals surface area (Å²) in [5.74, 6) is -3.57. The van der Waals surface area contributed by atoms with Gasteiger partial charge in [0.25, 0.3) is 0 Å². The Labute approximate surface area is 120 Å². The lowest BCUT2D eigenvalue weighted by atomic mass is 10.0. The number of aliphatic carboxylic acids is 3. The first-order valence-corrected chi connectivity index (χ1v) is 6.54. The van der Waals surface area contributed by atoms with Gasteiger partial charge in [-0.25, -0.2) is 9.59 Å². The van der Waals surface area contributed by atoms with E-state index in [0.717, 1.165) is 6.42 Å². The Balaban J connectivity index is 0.000000212. The molecule has 5 atom stereocenters. The van der Waals surface area contributed by atoms with Crippen LogP contribution in [0.5, 0.6) is 0 Å². The van der Waals surface area contributed by atoms with E-state index in [-0.39, 0.29) is 6.04 Å². The number of hydrogen-bond acceptors (Lipinski definition) is 6.